The molecule has 1 amide bonds. The lowest BCUT2D eigenvalue weighted by Gasteiger charge is -2.30. The molecule has 32 heavy (non-hydrogen) atoms. The van der Waals surface area contributed by atoms with Gasteiger partial charge in [-0.1, -0.05) is 48.9 Å². The summed E-state index contributed by atoms with van der Waals surface area (Å²) in [6.45, 7) is 4.19. The van der Waals surface area contributed by atoms with E-state index in [9.17, 15) is 9.59 Å². The van der Waals surface area contributed by atoms with E-state index in [4.69, 9.17) is 11.6 Å². The van der Waals surface area contributed by atoms with Gasteiger partial charge >= 0.3 is 0 Å². The number of rotatable bonds is 4. The molecule has 0 atom stereocenters. The van der Waals surface area contributed by atoms with Gasteiger partial charge in [0, 0.05) is 40.9 Å². The molecule has 1 fully saturated rings. The SMILES string of the molecule is CC1CCN(C(=O)Cn2ncc3c4ccccc4n(Cc4ccc(Cl)cc4)c3c2=O)CC1. The zero-order valence-electron chi connectivity index (χ0n) is 18.0. The van der Waals surface area contributed by atoms with Gasteiger partial charge in [0.25, 0.3) is 5.56 Å². The number of hydrogen-bond acceptors (Lipinski definition) is 3. The van der Waals surface area contributed by atoms with Crippen molar-refractivity contribution in [1.82, 2.24) is 19.2 Å². The number of aromatic nitrogens is 3. The van der Waals surface area contributed by atoms with E-state index in [1.807, 2.05) is 58.0 Å². The van der Waals surface area contributed by atoms with Crippen LogP contribution < -0.4 is 5.56 Å². The quantitative estimate of drug-likeness (QED) is 0.467. The van der Waals surface area contributed by atoms with E-state index < -0.39 is 0 Å². The van der Waals surface area contributed by atoms with E-state index in [1.165, 1.54) is 4.68 Å². The molecule has 3 heterocycles. The number of carbonyl (C=O) groups excluding carboxylic acids is 1. The van der Waals surface area contributed by atoms with Crippen LogP contribution in [-0.4, -0.2) is 38.2 Å². The minimum Gasteiger partial charge on any atom is -0.341 e. The van der Waals surface area contributed by atoms with Gasteiger partial charge in [-0.15, -0.1) is 0 Å². The minimum atomic E-state index is -0.244. The van der Waals surface area contributed by atoms with E-state index in [-0.39, 0.29) is 18.0 Å². The smallest absolute Gasteiger partial charge is 0.291 e. The second-order valence-corrected chi connectivity index (χ2v) is 9.10. The van der Waals surface area contributed by atoms with Crippen molar-refractivity contribution in [2.75, 3.05) is 13.1 Å². The first-order valence-corrected chi connectivity index (χ1v) is 11.4. The standard InChI is InChI=1S/C25H25ClN4O2/c1-17-10-12-28(13-11-17)23(31)16-30-25(32)24-21(14-27-30)20-4-2-3-5-22(20)29(24)15-18-6-8-19(26)9-7-18/h2-9,14,17H,10-13,15-16H2,1H3. The molecule has 164 valence electrons. The molecule has 7 heteroatoms. The Morgan fingerprint density at radius 2 is 1.78 bits per heavy atom. The fourth-order valence-electron chi connectivity index (χ4n) is 4.53. The van der Waals surface area contributed by atoms with Crippen LogP contribution in [0.3, 0.4) is 0 Å². The molecule has 2 aromatic heterocycles. The first-order valence-electron chi connectivity index (χ1n) is 11.0. The van der Waals surface area contributed by atoms with Crippen molar-refractivity contribution in [3.05, 3.63) is 75.7 Å². The Kier molecular flexibility index (Phi) is 5.47. The summed E-state index contributed by atoms with van der Waals surface area (Å²) in [5, 5.41) is 6.82. The number of para-hydroxylation sites is 1. The predicted molar refractivity (Wildman–Crippen MR) is 127 cm³/mol. The van der Waals surface area contributed by atoms with Crippen LogP contribution in [0.25, 0.3) is 21.8 Å². The van der Waals surface area contributed by atoms with Crippen LogP contribution in [0.5, 0.6) is 0 Å². The third-order valence-corrected chi connectivity index (χ3v) is 6.70. The molecule has 2 aromatic carbocycles. The van der Waals surface area contributed by atoms with E-state index >= 15 is 0 Å². The minimum absolute atomic E-state index is 0.0361. The zero-order valence-corrected chi connectivity index (χ0v) is 18.8. The normalized spacial score (nSPS) is 15.0. The molecule has 0 N–H and O–H groups in total. The van der Waals surface area contributed by atoms with Crippen molar-refractivity contribution < 1.29 is 4.79 Å². The Hall–Kier alpha value is -3.12. The summed E-state index contributed by atoms with van der Waals surface area (Å²) in [6.07, 6.45) is 3.72. The molecule has 1 aliphatic rings. The number of carbonyl (C=O) groups is 1. The second-order valence-electron chi connectivity index (χ2n) is 8.66. The molecule has 4 aromatic rings. The topological polar surface area (TPSA) is 60.1 Å². The van der Waals surface area contributed by atoms with Gasteiger partial charge in [0.15, 0.2) is 0 Å². The van der Waals surface area contributed by atoms with E-state index in [2.05, 4.69) is 12.0 Å². The first kappa shape index (κ1) is 20.8. The zero-order chi connectivity index (χ0) is 22.2. The number of piperidine rings is 1. The number of hydrogen-bond donors (Lipinski definition) is 0. The maximum absolute atomic E-state index is 13.5. The van der Waals surface area contributed by atoms with Crippen LogP contribution in [0.15, 0.2) is 59.5 Å². The van der Waals surface area contributed by atoms with E-state index in [1.54, 1.807) is 6.20 Å². The van der Waals surface area contributed by atoms with Crippen LogP contribution in [-0.2, 0) is 17.9 Å². The average Bonchev–Trinajstić information content (AvgIpc) is 3.12. The van der Waals surface area contributed by atoms with Gasteiger partial charge in [0.2, 0.25) is 5.91 Å². The van der Waals surface area contributed by atoms with E-state index in [0.717, 1.165) is 47.8 Å². The van der Waals surface area contributed by atoms with Crippen molar-refractivity contribution in [3.63, 3.8) is 0 Å². The summed E-state index contributed by atoms with van der Waals surface area (Å²) in [6, 6.07) is 15.6. The molecule has 1 aliphatic heterocycles. The van der Waals surface area contributed by atoms with Crippen LogP contribution in [0.2, 0.25) is 5.02 Å². The summed E-state index contributed by atoms with van der Waals surface area (Å²) in [5.74, 6) is 0.589. The highest BCUT2D eigenvalue weighted by Crippen LogP contribution is 2.27. The van der Waals surface area contributed by atoms with Crippen molar-refractivity contribution in [1.29, 1.82) is 0 Å². The highest BCUT2D eigenvalue weighted by Gasteiger charge is 2.22. The van der Waals surface area contributed by atoms with E-state index in [0.29, 0.717) is 23.0 Å². The largest absolute Gasteiger partial charge is 0.341 e. The first-order chi connectivity index (χ1) is 15.5. The Bertz CT molecular complexity index is 1350. The Morgan fingerprint density at radius 1 is 1.06 bits per heavy atom. The number of amides is 1. The second kappa shape index (κ2) is 8.43. The van der Waals surface area contributed by atoms with Crippen LogP contribution >= 0.6 is 11.6 Å². The van der Waals surface area contributed by atoms with Gasteiger partial charge in [0.1, 0.15) is 12.1 Å². The lowest BCUT2D eigenvalue weighted by atomic mass is 9.99. The average molecular weight is 449 g/mol. The van der Waals surface area contributed by atoms with Gasteiger partial charge in [-0.05, 0) is 42.5 Å². The summed E-state index contributed by atoms with van der Waals surface area (Å²) in [4.78, 5) is 28.2. The molecule has 0 radical (unpaired) electrons. The highest BCUT2D eigenvalue weighted by molar-refractivity contribution is 6.30. The number of benzene rings is 2. The molecule has 0 unspecified atom stereocenters. The lowest BCUT2D eigenvalue weighted by Crippen LogP contribution is -2.41. The third-order valence-electron chi connectivity index (χ3n) is 6.45. The van der Waals surface area contributed by atoms with Gasteiger partial charge in [-0.3, -0.25) is 9.59 Å². The van der Waals surface area contributed by atoms with Gasteiger partial charge < -0.3 is 9.47 Å². The predicted octanol–water partition coefficient (Wildman–Crippen LogP) is 4.31. The van der Waals surface area contributed by atoms with Crippen molar-refractivity contribution >= 4 is 39.3 Å². The number of likely N-dealkylation sites (tertiary alicyclic amines) is 1. The molecular weight excluding hydrogens is 424 g/mol. The lowest BCUT2D eigenvalue weighted by molar-refractivity contribution is -0.133. The number of fused-ring (bicyclic) bond motifs is 3. The monoisotopic (exact) mass is 448 g/mol. The Balaban J connectivity index is 1.56. The van der Waals surface area contributed by atoms with Crippen molar-refractivity contribution in [3.8, 4) is 0 Å². The summed E-state index contributed by atoms with van der Waals surface area (Å²) < 4.78 is 3.32. The summed E-state index contributed by atoms with van der Waals surface area (Å²) in [7, 11) is 0. The summed E-state index contributed by atoms with van der Waals surface area (Å²) >= 11 is 6.05. The Labute approximate surface area is 191 Å². The fraction of sp³-hybridized carbons (Fsp3) is 0.320. The maximum Gasteiger partial charge on any atom is 0.291 e. The molecular formula is C25H25ClN4O2. The fourth-order valence-corrected chi connectivity index (χ4v) is 4.65. The van der Waals surface area contributed by atoms with Gasteiger partial charge in [-0.2, -0.15) is 5.10 Å². The van der Waals surface area contributed by atoms with Crippen molar-refractivity contribution in [2.45, 2.75) is 32.9 Å². The Morgan fingerprint density at radius 3 is 2.53 bits per heavy atom. The van der Waals surface area contributed by atoms with Gasteiger partial charge in [-0.25, -0.2) is 4.68 Å². The summed E-state index contributed by atoms with van der Waals surface area (Å²) in [5.41, 5.74) is 2.33. The molecule has 6 nitrogen and oxygen atoms in total. The van der Waals surface area contributed by atoms with Crippen LogP contribution in [0.1, 0.15) is 25.3 Å². The molecule has 0 bridgehead atoms. The third kappa shape index (κ3) is 3.79. The maximum atomic E-state index is 13.5. The number of nitrogens with zero attached hydrogens (tertiary/aromatic N) is 4. The highest BCUT2D eigenvalue weighted by atomic mass is 35.5. The number of halogens is 1. The molecule has 0 aliphatic carbocycles. The molecule has 0 saturated carbocycles. The van der Waals surface area contributed by atoms with Crippen LogP contribution in [0.4, 0.5) is 0 Å². The molecule has 0 spiro atoms. The van der Waals surface area contributed by atoms with Crippen LogP contribution in [0, 0.1) is 5.92 Å². The molecule has 5 rings (SSSR count). The van der Waals surface area contributed by atoms with Crippen molar-refractivity contribution in [2.24, 2.45) is 5.92 Å². The molecule has 1 saturated heterocycles. The van der Waals surface area contributed by atoms with Gasteiger partial charge in [0.05, 0.1) is 6.20 Å².